The summed E-state index contributed by atoms with van der Waals surface area (Å²) in [7, 11) is 1.84. The minimum atomic E-state index is -0.356. The second-order valence-electron chi connectivity index (χ2n) is 7.15. The van der Waals surface area contributed by atoms with Gasteiger partial charge in [0.05, 0.1) is 22.4 Å². The normalized spacial score (nSPS) is 12.0. The molecule has 156 valence electrons. The van der Waals surface area contributed by atoms with Gasteiger partial charge in [0.1, 0.15) is 0 Å². The zero-order valence-corrected chi connectivity index (χ0v) is 18.6. The van der Waals surface area contributed by atoms with Gasteiger partial charge in [-0.1, -0.05) is 79.7 Å². The quantitative estimate of drug-likeness (QED) is 0.408. The lowest BCUT2D eigenvalue weighted by molar-refractivity contribution is 0.0921. The molecule has 1 aromatic heterocycles. The molecule has 0 spiro atoms. The zero-order chi connectivity index (χ0) is 21.7. The van der Waals surface area contributed by atoms with E-state index >= 15 is 0 Å². The van der Waals surface area contributed by atoms with Crippen LogP contribution < -0.4 is 5.32 Å². The van der Waals surface area contributed by atoms with Crippen LogP contribution in [0.4, 0.5) is 0 Å². The fraction of sp³-hybridized carbons (Fsp3) is 0.273. The highest BCUT2D eigenvalue weighted by Gasteiger charge is 2.26. The summed E-state index contributed by atoms with van der Waals surface area (Å²) >= 11 is 7.48. The minimum absolute atomic E-state index is 0.0255. The van der Waals surface area contributed by atoms with E-state index in [1.54, 1.807) is 36.4 Å². The molecule has 2 aromatic carbocycles. The molecular formula is C22H23ClN4O2S. The number of rotatable bonds is 8. The van der Waals surface area contributed by atoms with Crippen LogP contribution in [-0.2, 0) is 7.05 Å². The molecule has 1 heterocycles. The van der Waals surface area contributed by atoms with E-state index in [0.717, 1.165) is 0 Å². The van der Waals surface area contributed by atoms with E-state index in [-0.39, 0.29) is 29.4 Å². The minimum Gasteiger partial charge on any atom is -0.342 e. The molecule has 0 saturated heterocycles. The number of hydrogen-bond acceptors (Lipinski definition) is 5. The van der Waals surface area contributed by atoms with Crippen LogP contribution in [0.5, 0.6) is 0 Å². The van der Waals surface area contributed by atoms with Crippen molar-refractivity contribution >= 4 is 35.1 Å². The van der Waals surface area contributed by atoms with Crippen molar-refractivity contribution in [3.63, 3.8) is 0 Å². The zero-order valence-electron chi connectivity index (χ0n) is 17.0. The Hall–Kier alpha value is -2.64. The molecule has 0 aliphatic heterocycles. The third kappa shape index (κ3) is 5.09. The maximum absolute atomic E-state index is 12.7. The Kier molecular flexibility index (Phi) is 7.29. The molecule has 3 rings (SSSR count). The van der Waals surface area contributed by atoms with Crippen LogP contribution in [0.3, 0.4) is 0 Å². The molecule has 0 fully saturated rings. The Bertz CT molecular complexity index is 1040. The van der Waals surface area contributed by atoms with Gasteiger partial charge in [0.25, 0.3) is 5.91 Å². The van der Waals surface area contributed by atoms with Crippen molar-refractivity contribution in [3.8, 4) is 0 Å². The number of hydrogen-bond donors (Lipinski definition) is 1. The number of Topliss-reactive ketones (excluding diaryl/α,β-unsaturated/α-hetero) is 1. The smallest absolute Gasteiger partial charge is 0.253 e. The Labute approximate surface area is 185 Å². The van der Waals surface area contributed by atoms with Gasteiger partial charge in [-0.25, -0.2) is 0 Å². The monoisotopic (exact) mass is 442 g/mol. The van der Waals surface area contributed by atoms with Crippen LogP contribution >= 0.6 is 23.4 Å². The molecule has 0 radical (unpaired) electrons. The Morgan fingerprint density at radius 2 is 1.73 bits per heavy atom. The molecule has 1 amide bonds. The molecule has 1 atom stereocenters. The Morgan fingerprint density at radius 3 is 2.40 bits per heavy atom. The highest BCUT2D eigenvalue weighted by Crippen LogP contribution is 2.25. The van der Waals surface area contributed by atoms with Crippen molar-refractivity contribution in [2.75, 3.05) is 5.75 Å². The number of benzene rings is 2. The van der Waals surface area contributed by atoms with Gasteiger partial charge in [-0.2, -0.15) is 0 Å². The Balaban J connectivity index is 1.73. The van der Waals surface area contributed by atoms with Crippen LogP contribution in [0.1, 0.15) is 46.4 Å². The first-order chi connectivity index (χ1) is 14.4. The summed E-state index contributed by atoms with van der Waals surface area (Å²) in [6, 6.07) is 15.7. The first-order valence-electron chi connectivity index (χ1n) is 9.54. The van der Waals surface area contributed by atoms with Crippen LogP contribution in [-0.4, -0.2) is 32.2 Å². The molecule has 0 aliphatic carbocycles. The highest BCUT2D eigenvalue weighted by atomic mass is 35.5. The number of thioether (sulfide) groups is 1. The maximum atomic E-state index is 12.7. The van der Waals surface area contributed by atoms with Gasteiger partial charge in [-0.05, 0) is 18.1 Å². The predicted octanol–water partition coefficient (Wildman–Crippen LogP) is 4.57. The average Bonchev–Trinajstić information content (AvgIpc) is 3.10. The van der Waals surface area contributed by atoms with Gasteiger partial charge in [-0.15, -0.1) is 10.2 Å². The number of amides is 1. The molecule has 1 N–H and O–H groups in total. The van der Waals surface area contributed by atoms with Crippen LogP contribution in [0, 0.1) is 5.92 Å². The van der Waals surface area contributed by atoms with Gasteiger partial charge in [0.15, 0.2) is 16.8 Å². The summed E-state index contributed by atoms with van der Waals surface area (Å²) in [6.07, 6.45) is 0. The summed E-state index contributed by atoms with van der Waals surface area (Å²) in [5.41, 5.74) is 1.08. The predicted molar refractivity (Wildman–Crippen MR) is 119 cm³/mol. The third-order valence-electron chi connectivity index (χ3n) is 4.65. The van der Waals surface area contributed by atoms with E-state index in [4.69, 9.17) is 11.6 Å². The second kappa shape index (κ2) is 9.91. The summed E-state index contributed by atoms with van der Waals surface area (Å²) in [5.74, 6) is 0.713. The molecule has 0 unspecified atom stereocenters. The lowest BCUT2D eigenvalue weighted by Crippen LogP contribution is -2.33. The van der Waals surface area contributed by atoms with Crippen molar-refractivity contribution in [3.05, 3.63) is 76.6 Å². The van der Waals surface area contributed by atoms with E-state index in [1.807, 2.05) is 43.7 Å². The first kappa shape index (κ1) is 22.1. The summed E-state index contributed by atoms with van der Waals surface area (Å²) in [5, 5.41) is 12.5. The fourth-order valence-corrected chi connectivity index (χ4v) is 3.99. The summed E-state index contributed by atoms with van der Waals surface area (Å²) in [6.45, 7) is 4.00. The standard InChI is InChI=1S/C22H23ClN4O2S/c1-14(2)19(24-21(29)16-11-7-8-12-17(16)23)20-25-26-22(27(20)3)30-13-18(28)15-9-5-4-6-10-15/h4-12,14,19H,13H2,1-3H3,(H,24,29)/t19-/m0/s1. The lowest BCUT2D eigenvalue weighted by Gasteiger charge is -2.22. The number of nitrogens with zero attached hydrogens (tertiary/aromatic N) is 3. The molecule has 0 aliphatic rings. The topological polar surface area (TPSA) is 76.9 Å². The number of ketones is 1. The number of aromatic nitrogens is 3. The fourth-order valence-electron chi connectivity index (χ4n) is 2.95. The summed E-state index contributed by atoms with van der Waals surface area (Å²) in [4.78, 5) is 25.1. The molecular weight excluding hydrogens is 420 g/mol. The summed E-state index contributed by atoms with van der Waals surface area (Å²) < 4.78 is 1.82. The largest absolute Gasteiger partial charge is 0.342 e. The van der Waals surface area contributed by atoms with Gasteiger partial charge < -0.3 is 9.88 Å². The molecule has 6 nitrogen and oxygen atoms in total. The second-order valence-corrected chi connectivity index (χ2v) is 8.50. The molecule has 0 saturated carbocycles. The van der Waals surface area contributed by atoms with Gasteiger partial charge in [0, 0.05) is 12.6 Å². The van der Waals surface area contributed by atoms with E-state index < -0.39 is 0 Å². The van der Waals surface area contributed by atoms with Gasteiger partial charge >= 0.3 is 0 Å². The van der Waals surface area contributed by atoms with E-state index in [9.17, 15) is 9.59 Å². The van der Waals surface area contributed by atoms with Gasteiger partial charge in [0.2, 0.25) is 0 Å². The SMILES string of the molecule is CC(C)[C@H](NC(=O)c1ccccc1Cl)c1nnc(SCC(=O)c2ccccc2)n1C. The molecule has 3 aromatic rings. The van der Waals surface area contributed by atoms with Gasteiger partial charge in [-0.3, -0.25) is 9.59 Å². The van der Waals surface area contributed by atoms with Crippen molar-refractivity contribution < 1.29 is 9.59 Å². The molecule has 0 bridgehead atoms. The van der Waals surface area contributed by atoms with Crippen LogP contribution in [0.25, 0.3) is 0 Å². The van der Waals surface area contributed by atoms with Crippen LogP contribution in [0.2, 0.25) is 5.02 Å². The van der Waals surface area contributed by atoms with E-state index in [0.29, 0.717) is 27.1 Å². The van der Waals surface area contributed by atoms with E-state index in [2.05, 4.69) is 15.5 Å². The molecule has 30 heavy (non-hydrogen) atoms. The van der Waals surface area contributed by atoms with Crippen molar-refractivity contribution in [1.82, 2.24) is 20.1 Å². The number of halogens is 1. The first-order valence-corrected chi connectivity index (χ1v) is 10.9. The number of carbonyl (C=O) groups is 2. The number of carbonyl (C=O) groups excluding carboxylic acids is 2. The van der Waals surface area contributed by atoms with Crippen molar-refractivity contribution in [1.29, 1.82) is 0 Å². The number of nitrogens with one attached hydrogen (secondary N) is 1. The van der Waals surface area contributed by atoms with E-state index in [1.165, 1.54) is 11.8 Å². The van der Waals surface area contributed by atoms with Crippen molar-refractivity contribution in [2.24, 2.45) is 13.0 Å². The highest BCUT2D eigenvalue weighted by molar-refractivity contribution is 7.99. The third-order valence-corrected chi connectivity index (χ3v) is 6.00. The Morgan fingerprint density at radius 1 is 1.07 bits per heavy atom. The molecule has 8 heteroatoms. The van der Waals surface area contributed by atoms with Crippen molar-refractivity contribution in [2.45, 2.75) is 25.0 Å². The van der Waals surface area contributed by atoms with Crippen LogP contribution in [0.15, 0.2) is 59.8 Å². The average molecular weight is 443 g/mol. The maximum Gasteiger partial charge on any atom is 0.253 e. The lowest BCUT2D eigenvalue weighted by atomic mass is 10.0.